The van der Waals surface area contributed by atoms with Gasteiger partial charge >= 0.3 is 0 Å². The molecule has 1 aromatic rings. The topological polar surface area (TPSA) is 0 Å². The number of unbranched alkanes of at least 4 members (excludes halogenated alkanes) is 3. The third-order valence-corrected chi connectivity index (χ3v) is 4.84. The summed E-state index contributed by atoms with van der Waals surface area (Å²) in [5, 5.41) is 0.555. The fraction of sp³-hybridized carbons (Fsp3) is 0.538. The Labute approximate surface area is 124 Å². The van der Waals surface area contributed by atoms with Crippen LogP contribution in [0.25, 0.3) is 0 Å². The van der Waals surface area contributed by atoms with Crippen LogP contribution in [0, 0.1) is 5.82 Å². The van der Waals surface area contributed by atoms with Crippen LogP contribution in [-0.2, 0) is 0 Å². The molecule has 1 aromatic carbocycles. The Hall–Kier alpha value is 0.400. The molecule has 0 aliphatic carbocycles. The maximum absolute atomic E-state index is 13.7. The monoisotopic (exact) mass is 384 g/mol. The average Bonchev–Trinajstić information content (AvgIpc) is 2.29. The van der Waals surface area contributed by atoms with E-state index in [9.17, 15) is 4.39 Å². The molecule has 96 valence electrons. The second kappa shape index (κ2) is 7.75. The molecule has 1 atom stereocenters. The fourth-order valence-electron chi connectivity index (χ4n) is 1.68. The third-order valence-electron chi connectivity index (χ3n) is 2.69. The van der Waals surface area contributed by atoms with E-state index < -0.39 is 0 Å². The summed E-state index contributed by atoms with van der Waals surface area (Å²) in [6, 6.07) is 3.12. The lowest BCUT2D eigenvalue weighted by Gasteiger charge is -2.12. The van der Waals surface area contributed by atoms with E-state index >= 15 is 0 Å². The van der Waals surface area contributed by atoms with E-state index in [1.165, 1.54) is 25.3 Å². The summed E-state index contributed by atoms with van der Waals surface area (Å²) in [7, 11) is 0. The summed E-state index contributed by atoms with van der Waals surface area (Å²) in [6.45, 7) is 2.18. The van der Waals surface area contributed by atoms with Gasteiger partial charge in [0.25, 0.3) is 0 Å². The summed E-state index contributed by atoms with van der Waals surface area (Å²) in [5.74, 6) is -0.210. The van der Waals surface area contributed by atoms with Crippen molar-refractivity contribution in [3.05, 3.63) is 33.0 Å². The maximum Gasteiger partial charge on any atom is 0.128 e. The zero-order valence-electron chi connectivity index (χ0n) is 9.78. The highest BCUT2D eigenvalue weighted by atomic mass is 79.9. The van der Waals surface area contributed by atoms with Gasteiger partial charge in [-0.25, -0.2) is 4.39 Å². The van der Waals surface area contributed by atoms with Crippen molar-refractivity contribution in [1.82, 2.24) is 0 Å². The zero-order chi connectivity index (χ0) is 12.8. The first-order chi connectivity index (χ1) is 8.06. The van der Waals surface area contributed by atoms with E-state index in [4.69, 9.17) is 11.6 Å². The quantitative estimate of drug-likeness (QED) is 0.292. The van der Waals surface area contributed by atoms with E-state index in [1.54, 1.807) is 6.07 Å². The average molecular weight is 387 g/mol. The highest BCUT2D eigenvalue weighted by molar-refractivity contribution is 9.10. The van der Waals surface area contributed by atoms with Gasteiger partial charge in [0.15, 0.2) is 0 Å². The molecule has 1 unspecified atom stereocenters. The molecule has 0 aliphatic heterocycles. The first-order valence-electron chi connectivity index (χ1n) is 5.84. The Morgan fingerprint density at radius 1 is 1.29 bits per heavy atom. The van der Waals surface area contributed by atoms with Crippen LogP contribution in [0.5, 0.6) is 0 Å². The van der Waals surface area contributed by atoms with Gasteiger partial charge < -0.3 is 0 Å². The Balaban J connectivity index is 2.62. The van der Waals surface area contributed by atoms with Crippen LogP contribution < -0.4 is 0 Å². The molecule has 4 heteroatoms. The second-order valence-electron chi connectivity index (χ2n) is 4.10. The first-order valence-corrected chi connectivity index (χ1v) is 7.93. The van der Waals surface area contributed by atoms with Crippen LogP contribution >= 0.6 is 43.5 Å². The first kappa shape index (κ1) is 15.5. The number of rotatable bonds is 6. The van der Waals surface area contributed by atoms with Crippen LogP contribution in [0.1, 0.15) is 49.4 Å². The van der Waals surface area contributed by atoms with Gasteiger partial charge in [-0.15, -0.1) is 0 Å². The lowest BCUT2D eigenvalue weighted by molar-refractivity contribution is 0.585. The van der Waals surface area contributed by atoms with Crippen molar-refractivity contribution in [3.8, 4) is 0 Å². The van der Waals surface area contributed by atoms with Crippen molar-refractivity contribution in [2.24, 2.45) is 0 Å². The largest absolute Gasteiger partial charge is 0.207 e. The molecule has 0 bridgehead atoms. The van der Waals surface area contributed by atoms with Crippen molar-refractivity contribution in [2.75, 3.05) is 0 Å². The van der Waals surface area contributed by atoms with E-state index in [2.05, 4.69) is 38.8 Å². The highest BCUT2D eigenvalue weighted by Gasteiger charge is 2.14. The van der Waals surface area contributed by atoms with Gasteiger partial charge in [0, 0.05) is 14.9 Å². The predicted octanol–water partition coefficient (Wildman–Crippen LogP) is 6.65. The van der Waals surface area contributed by atoms with Gasteiger partial charge in [0.1, 0.15) is 5.82 Å². The van der Waals surface area contributed by atoms with Crippen LogP contribution in [0.2, 0.25) is 5.02 Å². The lowest BCUT2D eigenvalue weighted by Crippen LogP contribution is -1.95. The molecule has 0 nitrogen and oxygen atoms in total. The van der Waals surface area contributed by atoms with E-state index in [1.807, 2.05) is 0 Å². The SMILES string of the molecule is CCCCCCC(Br)c1cc(Cl)c(Br)cc1F. The fourth-order valence-corrected chi connectivity index (χ4v) is 2.85. The second-order valence-corrected chi connectivity index (χ2v) is 6.47. The minimum absolute atomic E-state index is 0.0463. The minimum atomic E-state index is -0.210. The molecule has 0 heterocycles. The van der Waals surface area contributed by atoms with Crippen LogP contribution in [0.15, 0.2) is 16.6 Å². The maximum atomic E-state index is 13.7. The normalized spacial score (nSPS) is 12.8. The number of halogens is 4. The smallest absolute Gasteiger partial charge is 0.128 e. The summed E-state index contributed by atoms with van der Waals surface area (Å²) >= 11 is 12.7. The molecule has 0 fully saturated rings. The van der Waals surface area contributed by atoms with Crippen molar-refractivity contribution < 1.29 is 4.39 Å². The van der Waals surface area contributed by atoms with Crippen molar-refractivity contribution >= 4 is 43.5 Å². The molecule has 17 heavy (non-hydrogen) atoms. The molecule has 0 saturated carbocycles. The Kier molecular flexibility index (Phi) is 7.05. The molecule has 0 spiro atoms. The Morgan fingerprint density at radius 2 is 2.00 bits per heavy atom. The minimum Gasteiger partial charge on any atom is -0.207 e. The molecular weight excluding hydrogens is 370 g/mol. The summed E-state index contributed by atoms with van der Waals surface area (Å²) in [4.78, 5) is 0.0463. The van der Waals surface area contributed by atoms with E-state index in [0.717, 1.165) is 12.8 Å². The molecule has 0 N–H and O–H groups in total. The molecule has 0 saturated heterocycles. The van der Waals surface area contributed by atoms with Crippen molar-refractivity contribution in [2.45, 2.75) is 43.9 Å². The third kappa shape index (κ3) is 4.88. The summed E-state index contributed by atoms with van der Waals surface area (Å²) in [5.41, 5.74) is 0.648. The zero-order valence-corrected chi connectivity index (χ0v) is 13.7. The predicted molar refractivity (Wildman–Crippen MR) is 79.5 cm³/mol. The van der Waals surface area contributed by atoms with Gasteiger partial charge in [-0.3, -0.25) is 0 Å². The Bertz CT molecular complexity index is 369. The molecular formula is C13H16Br2ClF. The molecule has 0 radical (unpaired) electrons. The highest BCUT2D eigenvalue weighted by Crippen LogP contribution is 2.35. The van der Waals surface area contributed by atoms with Crippen LogP contribution in [-0.4, -0.2) is 0 Å². The lowest BCUT2D eigenvalue weighted by atomic mass is 10.0. The number of hydrogen-bond donors (Lipinski definition) is 0. The molecule has 0 amide bonds. The van der Waals surface area contributed by atoms with Gasteiger partial charge in [-0.05, 0) is 34.5 Å². The number of hydrogen-bond acceptors (Lipinski definition) is 0. The van der Waals surface area contributed by atoms with Crippen molar-refractivity contribution in [3.63, 3.8) is 0 Å². The molecule has 0 aromatic heterocycles. The van der Waals surface area contributed by atoms with Gasteiger partial charge in [0.05, 0.1) is 5.02 Å². The molecule has 1 rings (SSSR count). The van der Waals surface area contributed by atoms with Crippen LogP contribution in [0.4, 0.5) is 4.39 Å². The number of alkyl halides is 1. The van der Waals surface area contributed by atoms with Gasteiger partial charge in [0.2, 0.25) is 0 Å². The molecule has 0 aliphatic rings. The summed E-state index contributed by atoms with van der Waals surface area (Å²) in [6.07, 6.45) is 5.70. The van der Waals surface area contributed by atoms with Gasteiger partial charge in [-0.2, -0.15) is 0 Å². The van der Waals surface area contributed by atoms with E-state index in [-0.39, 0.29) is 10.6 Å². The summed E-state index contributed by atoms with van der Waals surface area (Å²) < 4.78 is 14.3. The van der Waals surface area contributed by atoms with E-state index in [0.29, 0.717) is 15.1 Å². The van der Waals surface area contributed by atoms with Crippen LogP contribution in [0.3, 0.4) is 0 Å². The Morgan fingerprint density at radius 3 is 2.65 bits per heavy atom. The van der Waals surface area contributed by atoms with Gasteiger partial charge in [-0.1, -0.05) is 60.1 Å². The number of benzene rings is 1. The van der Waals surface area contributed by atoms with Crippen molar-refractivity contribution in [1.29, 1.82) is 0 Å². The standard InChI is InChI=1S/C13H16Br2ClF/c1-2-3-4-5-6-10(14)9-7-12(16)11(15)8-13(9)17/h7-8,10H,2-6H2,1H3.